The largest absolute Gasteiger partial charge is 0.351 e. The Morgan fingerprint density at radius 1 is 1.44 bits per heavy atom. The summed E-state index contributed by atoms with van der Waals surface area (Å²) >= 11 is 0. The smallest absolute Gasteiger partial charge is 0.293 e. The van der Waals surface area contributed by atoms with Crippen LogP contribution in [0.1, 0.15) is 20.3 Å². The van der Waals surface area contributed by atoms with Crippen molar-refractivity contribution in [2.24, 2.45) is 5.73 Å². The van der Waals surface area contributed by atoms with Crippen LogP contribution in [-0.4, -0.2) is 29.2 Å². The average molecular weight is 224 g/mol. The molecule has 5 nitrogen and oxygen atoms in total. The standard InChI is InChI=1S/C11H20N4O/c1-3-7-15(8-5-12)10-11(16)14(4-2)9-6-13-10/h6,9H,3-5,7-8,12H2,1-2H3. The summed E-state index contributed by atoms with van der Waals surface area (Å²) in [5.41, 5.74) is 5.50. The van der Waals surface area contributed by atoms with Gasteiger partial charge in [0.1, 0.15) is 0 Å². The maximum atomic E-state index is 12.0. The molecule has 1 aromatic heterocycles. The van der Waals surface area contributed by atoms with Crippen molar-refractivity contribution in [2.45, 2.75) is 26.8 Å². The lowest BCUT2D eigenvalue weighted by atomic mass is 10.4. The van der Waals surface area contributed by atoms with E-state index in [1.54, 1.807) is 17.0 Å². The van der Waals surface area contributed by atoms with E-state index in [9.17, 15) is 4.79 Å². The highest BCUT2D eigenvalue weighted by molar-refractivity contribution is 5.35. The van der Waals surface area contributed by atoms with Crippen molar-refractivity contribution in [3.05, 3.63) is 22.7 Å². The van der Waals surface area contributed by atoms with Crippen molar-refractivity contribution in [1.29, 1.82) is 0 Å². The van der Waals surface area contributed by atoms with Crippen LogP contribution in [0.5, 0.6) is 0 Å². The summed E-state index contributed by atoms with van der Waals surface area (Å²) in [7, 11) is 0. The number of aryl methyl sites for hydroxylation is 1. The van der Waals surface area contributed by atoms with E-state index in [1.807, 2.05) is 11.8 Å². The van der Waals surface area contributed by atoms with E-state index in [1.165, 1.54) is 0 Å². The molecule has 16 heavy (non-hydrogen) atoms. The Morgan fingerprint density at radius 2 is 2.19 bits per heavy atom. The maximum Gasteiger partial charge on any atom is 0.293 e. The molecule has 1 rings (SSSR count). The van der Waals surface area contributed by atoms with Gasteiger partial charge >= 0.3 is 0 Å². The Hall–Kier alpha value is -1.36. The number of nitrogens with zero attached hydrogens (tertiary/aromatic N) is 3. The number of hydrogen-bond acceptors (Lipinski definition) is 4. The van der Waals surface area contributed by atoms with Crippen LogP contribution in [0.2, 0.25) is 0 Å². The van der Waals surface area contributed by atoms with Crippen LogP contribution in [0.25, 0.3) is 0 Å². The number of anilines is 1. The summed E-state index contributed by atoms with van der Waals surface area (Å²) in [6, 6.07) is 0. The minimum absolute atomic E-state index is 0.0353. The molecule has 0 radical (unpaired) electrons. The molecule has 0 bridgehead atoms. The third-order valence-corrected chi connectivity index (χ3v) is 2.43. The molecular formula is C11H20N4O. The van der Waals surface area contributed by atoms with Gasteiger partial charge in [-0.3, -0.25) is 4.79 Å². The van der Waals surface area contributed by atoms with E-state index in [0.29, 0.717) is 25.5 Å². The lowest BCUT2D eigenvalue weighted by Gasteiger charge is -2.21. The lowest BCUT2D eigenvalue weighted by Crippen LogP contribution is -2.37. The van der Waals surface area contributed by atoms with Crippen molar-refractivity contribution in [1.82, 2.24) is 9.55 Å². The van der Waals surface area contributed by atoms with Crippen LogP contribution in [0.3, 0.4) is 0 Å². The number of nitrogens with two attached hydrogens (primary N) is 1. The normalized spacial score (nSPS) is 10.4. The van der Waals surface area contributed by atoms with Gasteiger partial charge in [-0.15, -0.1) is 0 Å². The first kappa shape index (κ1) is 12.7. The molecule has 1 aromatic rings. The second-order valence-electron chi connectivity index (χ2n) is 3.62. The molecule has 0 amide bonds. The summed E-state index contributed by atoms with van der Waals surface area (Å²) in [6.07, 6.45) is 4.35. The van der Waals surface area contributed by atoms with Gasteiger partial charge in [-0.25, -0.2) is 4.98 Å². The highest BCUT2D eigenvalue weighted by Crippen LogP contribution is 2.03. The van der Waals surface area contributed by atoms with Crippen LogP contribution < -0.4 is 16.2 Å². The van der Waals surface area contributed by atoms with Crippen molar-refractivity contribution in [2.75, 3.05) is 24.5 Å². The molecule has 0 saturated heterocycles. The topological polar surface area (TPSA) is 64.2 Å². The zero-order valence-electron chi connectivity index (χ0n) is 10.0. The van der Waals surface area contributed by atoms with E-state index < -0.39 is 0 Å². The summed E-state index contributed by atoms with van der Waals surface area (Å²) in [4.78, 5) is 18.1. The molecule has 0 saturated carbocycles. The van der Waals surface area contributed by atoms with Crippen LogP contribution in [-0.2, 0) is 6.54 Å². The average Bonchev–Trinajstić information content (AvgIpc) is 2.29. The summed E-state index contributed by atoms with van der Waals surface area (Å²) in [5.74, 6) is 0.511. The van der Waals surface area contributed by atoms with Crippen molar-refractivity contribution in [3.63, 3.8) is 0 Å². The van der Waals surface area contributed by atoms with E-state index >= 15 is 0 Å². The highest BCUT2D eigenvalue weighted by atomic mass is 16.1. The molecule has 0 aliphatic carbocycles. The van der Waals surface area contributed by atoms with Gasteiger partial charge in [0.15, 0.2) is 5.82 Å². The molecule has 0 unspecified atom stereocenters. The summed E-state index contributed by atoms with van der Waals surface area (Å²) in [5, 5.41) is 0. The summed E-state index contributed by atoms with van der Waals surface area (Å²) < 4.78 is 1.65. The zero-order chi connectivity index (χ0) is 12.0. The minimum Gasteiger partial charge on any atom is -0.351 e. The molecule has 0 fully saturated rings. The molecular weight excluding hydrogens is 204 g/mol. The predicted octanol–water partition coefficient (Wildman–Crippen LogP) is 0.438. The van der Waals surface area contributed by atoms with Gasteiger partial charge in [-0.2, -0.15) is 0 Å². The molecule has 5 heteroatoms. The van der Waals surface area contributed by atoms with Gasteiger partial charge in [-0.1, -0.05) is 6.92 Å². The minimum atomic E-state index is -0.0353. The fraction of sp³-hybridized carbons (Fsp3) is 0.636. The van der Waals surface area contributed by atoms with Gasteiger partial charge in [0.05, 0.1) is 0 Å². The van der Waals surface area contributed by atoms with Crippen molar-refractivity contribution >= 4 is 5.82 Å². The molecule has 0 aliphatic heterocycles. The predicted molar refractivity (Wildman–Crippen MR) is 65.7 cm³/mol. The van der Waals surface area contributed by atoms with Crippen molar-refractivity contribution in [3.8, 4) is 0 Å². The Labute approximate surface area is 95.9 Å². The fourth-order valence-electron chi connectivity index (χ4n) is 1.65. The van der Waals surface area contributed by atoms with E-state index in [4.69, 9.17) is 5.73 Å². The summed E-state index contributed by atoms with van der Waals surface area (Å²) in [6.45, 7) is 6.69. The number of rotatable bonds is 6. The molecule has 2 N–H and O–H groups in total. The molecule has 1 heterocycles. The van der Waals surface area contributed by atoms with E-state index in [-0.39, 0.29) is 5.56 Å². The first-order valence-electron chi connectivity index (χ1n) is 5.75. The molecule has 90 valence electrons. The van der Waals surface area contributed by atoms with Crippen LogP contribution in [0.4, 0.5) is 5.82 Å². The van der Waals surface area contributed by atoms with E-state index in [0.717, 1.165) is 13.0 Å². The fourth-order valence-corrected chi connectivity index (χ4v) is 1.65. The monoisotopic (exact) mass is 224 g/mol. The van der Waals surface area contributed by atoms with E-state index in [2.05, 4.69) is 11.9 Å². The molecule has 0 spiro atoms. The third kappa shape index (κ3) is 2.82. The number of aromatic nitrogens is 2. The maximum absolute atomic E-state index is 12.0. The Bertz CT molecular complexity index is 368. The van der Waals surface area contributed by atoms with Crippen LogP contribution in [0.15, 0.2) is 17.2 Å². The van der Waals surface area contributed by atoms with Gasteiger partial charge in [0, 0.05) is 38.6 Å². The quantitative estimate of drug-likeness (QED) is 0.761. The highest BCUT2D eigenvalue weighted by Gasteiger charge is 2.11. The van der Waals surface area contributed by atoms with Gasteiger partial charge in [0.25, 0.3) is 5.56 Å². The Balaban J connectivity index is 3.03. The first-order valence-corrected chi connectivity index (χ1v) is 5.75. The molecule has 0 aromatic carbocycles. The zero-order valence-corrected chi connectivity index (χ0v) is 10.0. The molecule has 0 atom stereocenters. The van der Waals surface area contributed by atoms with Gasteiger partial charge < -0.3 is 15.2 Å². The molecule has 0 aliphatic rings. The third-order valence-electron chi connectivity index (χ3n) is 2.43. The second-order valence-corrected chi connectivity index (χ2v) is 3.62. The van der Waals surface area contributed by atoms with Gasteiger partial charge in [-0.05, 0) is 13.3 Å². The first-order chi connectivity index (χ1) is 7.74. The lowest BCUT2D eigenvalue weighted by molar-refractivity contribution is 0.688. The SMILES string of the molecule is CCCN(CCN)c1nccn(CC)c1=O. The Morgan fingerprint density at radius 3 is 2.75 bits per heavy atom. The van der Waals surface area contributed by atoms with Crippen molar-refractivity contribution < 1.29 is 0 Å². The van der Waals surface area contributed by atoms with Crippen LogP contribution in [0, 0.1) is 0 Å². The van der Waals surface area contributed by atoms with Gasteiger partial charge in [0.2, 0.25) is 0 Å². The Kier molecular flexibility index (Phi) is 4.98. The number of hydrogen-bond donors (Lipinski definition) is 1. The van der Waals surface area contributed by atoms with Crippen LogP contribution >= 0.6 is 0 Å². The second kappa shape index (κ2) is 6.27.